The van der Waals surface area contributed by atoms with Crippen molar-refractivity contribution in [2.45, 2.75) is 28.5 Å². The summed E-state index contributed by atoms with van der Waals surface area (Å²) in [4.78, 5) is 55.4. The molecule has 1 aromatic heterocycles. The van der Waals surface area contributed by atoms with Crippen LogP contribution in [0.1, 0.15) is 27.5 Å². The number of thioether (sulfide) groups is 1. The zero-order valence-electron chi connectivity index (χ0n) is 22.9. The molecule has 2 aliphatic rings. The largest absolute Gasteiger partial charge is 0.484 e. The van der Waals surface area contributed by atoms with Gasteiger partial charge in [0.05, 0.1) is 27.8 Å². The molecule has 6 rings (SSSR count). The third kappa shape index (κ3) is 6.01. The second-order valence-corrected chi connectivity index (χ2v) is 12.5. The number of aromatic nitrogens is 1. The fourth-order valence-corrected chi connectivity index (χ4v) is 7.86. The average Bonchev–Trinajstić information content (AvgIpc) is 3.49. The molecule has 2 aliphatic heterocycles. The minimum atomic E-state index is -4.70. The Morgan fingerprint density at radius 1 is 0.870 bits per heavy atom. The number of thiazole rings is 1. The number of fused-ring (bicyclic) bond motifs is 2. The fraction of sp³-hybridized carbons (Fsp3) is 0.200. The van der Waals surface area contributed by atoms with Gasteiger partial charge in [-0.25, -0.2) is 4.90 Å². The maximum absolute atomic E-state index is 13.8. The first-order valence-electron chi connectivity index (χ1n) is 13.4. The van der Waals surface area contributed by atoms with Gasteiger partial charge in [-0.05, 0) is 54.1 Å². The van der Waals surface area contributed by atoms with Gasteiger partial charge in [0.15, 0.2) is 6.61 Å². The molecule has 0 saturated carbocycles. The number of imide groups is 1. The highest BCUT2D eigenvalue weighted by Crippen LogP contribution is 2.53. The summed E-state index contributed by atoms with van der Waals surface area (Å²) in [6, 6.07) is 14.1. The number of aromatic amines is 1. The van der Waals surface area contributed by atoms with Gasteiger partial charge in [0.1, 0.15) is 11.0 Å². The third-order valence-electron chi connectivity index (χ3n) is 7.34. The molecule has 0 bridgehead atoms. The Bertz CT molecular complexity index is 1900. The highest BCUT2D eigenvalue weighted by molar-refractivity contribution is 8.00. The van der Waals surface area contributed by atoms with Crippen LogP contribution in [0.5, 0.6) is 5.75 Å². The molecule has 1 fully saturated rings. The van der Waals surface area contributed by atoms with Crippen molar-refractivity contribution in [1.82, 2.24) is 4.98 Å². The lowest BCUT2D eigenvalue weighted by molar-refractivity contribution is -0.138. The van der Waals surface area contributed by atoms with E-state index in [0.717, 1.165) is 64.4 Å². The van der Waals surface area contributed by atoms with E-state index in [0.29, 0.717) is 15.5 Å². The summed E-state index contributed by atoms with van der Waals surface area (Å²) in [5, 5.41) is 1.68. The van der Waals surface area contributed by atoms with Crippen LogP contribution in [0.2, 0.25) is 0 Å². The van der Waals surface area contributed by atoms with Gasteiger partial charge in [0.2, 0.25) is 11.8 Å². The predicted octanol–water partition coefficient (Wildman–Crippen LogP) is 6.29. The number of nitrogens with one attached hydrogen (secondary N) is 2. The standard InChI is InChI=1S/C30H19F6N3O5S2/c31-29(32,33)15-3-1-5-17(11-15)37-20(40)13-44-19-9-7-14(8-10-19)21-22-24(45-25-23(21)46-28(43)38-25)27(42)39(26(22)41)18-6-2-4-16(12-18)30(34,35)36/h1-12,21-22,24H,13H2,(H,37,40)(H,38,43)/t21-,22-,24+/m0/s1. The number of benzene rings is 3. The highest BCUT2D eigenvalue weighted by atomic mass is 32.2. The second-order valence-electron chi connectivity index (χ2n) is 10.3. The minimum absolute atomic E-state index is 0.0697. The predicted molar refractivity (Wildman–Crippen MR) is 156 cm³/mol. The number of H-pyrrole nitrogens is 1. The van der Waals surface area contributed by atoms with Crippen molar-refractivity contribution in [1.29, 1.82) is 0 Å². The SMILES string of the molecule is O=C(COc1ccc([C@@H]2c3sc(=O)[nH]c3S[C@H]3C(=O)N(c4cccc(C(F)(F)F)c4)C(=O)[C@@H]23)cc1)Nc1cccc(C(F)(F)F)c1. The third-order valence-corrected chi connectivity index (χ3v) is 9.74. The Hall–Kier alpha value is -4.57. The van der Waals surface area contributed by atoms with Gasteiger partial charge in [-0.2, -0.15) is 26.3 Å². The summed E-state index contributed by atoms with van der Waals surface area (Å²) in [7, 11) is 0. The smallest absolute Gasteiger partial charge is 0.416 e. The number of carbonyl (C=O) groups excluding carboxylic acids is 3. The van der Waals surface area contributed by atoms with E-state index < -0.39 is 69.8 Å². The normalized spacial score (nSPS) is 19.5. The van der Waals surface area contributed by atoms with Crippen molar-refractivity contribution in [3.05, 3.63) is 104 Å². The molecule has 3 amide bonds. The van der Waals surface area contributed by atoms with Gasteiger partial charge >= 0.3 is 17.2 Å². The van der Waals surface area contributed by atoms with Crippen molar-refractivity contribution in [2.75, 3.05) is 16.8 Å². The average molecular weight is 680 g/mol. The molecular weight excluding hydrogens is 660 g/mol. The van der Waals surface area contributed by atoms with Crippen LogP contribution >= 0.6 is 23.1 Å². The van der Waals surface area contributed by atoms with Crippen molar-refractivity contribution >= 4 is 52.2 Å². The molecule has 4 aromatic rings. The quantitative estimate of drug-likeness (QED) is 0.183. The van der Waals surface area contributed by atoms with E-state index >= 15 is 0 Å². The molecule has 46 heavy (non-hydrogen) atoms. The number of hydrogen-bond acceptors (Lipinski definition) is 7. The van der Waals surface area contributed by atoms with Crippen LogP contribution in [0, 0.1) is 5.92 Å². The molecule has 2 N–H and O–H groups in total. The Balaban J connectivity index is 1.22. The van der Waals surface area contributed by atoms with Gasteiger partial charge in [0.25, 0.3) is 5.91 Å². The first-order chi connectivity index (χ1) is 21.7. The number of alkyl halides is 6. The van der Waals surface area contributed by atoms with E-state index in [1.54, 1.807) is 12.1 Å². The molecule has 3 aromatic carbocycles. The van der Waals surface area contributed by atoms with Crippen LogP contribution in [0.15, 0.2) is 82.6 Å². The second kappa shape index (κ2) is 11.7. The molecule has 0 aliphatic carbocycles. The summed E-state index contributed by atoms with van der Waals surface area (Å²) in [6.45, 7) is -0.539. The summed E-state index contributed by atoms with van der Waals surface area (Å²) in [6.07, 6.45) is -9.28. The van der Waals surface area contributed by atoms with Crippen LogP contribution in [0.3, 0.4) is 0 Å². The Morgan fingerprint density at radius 3 is 2.20 bits per heavy atom. The van der Waals surface area contributed by atoms with Crippen molar-refractivity contribution in [2.24, 2.45) is 5.92 Å². The van der Waals surface area contributed by atoms with Gasteiger partial charge in [-0.1, -0.05) is 47.4 Å². The summed E-state index contributed by atoms with van der Waals surface area (Å²) < 4.78 is 84.5. The maximum Gasteiger partial charge on any atom is 0.416 e. The maximum atomic E-state index is 13.8. The molecule has 1 saturated heterocycles. The molecular formula is C30H19F6N3O5S2. The molecule has 238 valence electrons. The van der Waals surface area contributed by atoms with Crippen LogP contribution in [-0.4, -0.2) is 34.6 Å². The number of hydrogen-bond donors (Lipinski definition) is 2. The summed E-state index contributed by atoms with van der Waals surface area (Å²) >= 11 is 1.83. The summed E-state index contributed by atoms with van der Waals surface area (Å²) in [5.41, 5.74) is -1.74. The lowest BCUT2D eigenvalue weighted by atomic mass is 9.83. The first kappa shape index (κ1) is 31.4. The van der Waals surface area contributed by atoms with Gasteiger partial charge < -0.3 is 15.0 Å². The lowest BCUT2D eigenvalue weighted by Gasteiger charge is -2.29. The Labute approximate surface area is 263 Å². The molecule has 0 unspecified atom stereocenters. The Morgan fingerprint density at radius 2 is 1.52 bits per heavy atom. The van der Waals surface area contributed by atoms with Crippen molar-refractivity contribution < 1.29 is 45.5 Å². The fourth-order valence-electron chi connectivity index (χ4n) is 5.34. The highest BCUT2D eigenvalue weighted by Gasteiger charge is 2.56. The molecule has 16 heteroatoms. The number of halogens is 6. The molecule has 0 spiro atoms. The Kier molecular flexibility index (Phi) is 7.96. The number of rotatable bonds is 6. The van der Waals surface area contributed by atoms with E-state index in [1.165, 1.54) is 24.3 Å². The minimum Gasteiger partial charge on any atom is -0.484 e. The van der Waals surface area contributed by atoms with Crippen LogP contribution in [-0.2, 0) is 26.7 Å². The molecule has 0 radical (unpaired) electrons. The zero-order valence-corrected chi connectivity index (χ0v) is 24.6. The topological polar surface area (TPSA) is 109 Å². The summed E-state index contributed by atoms with van der Waals surface area (Å²) in [5.74, 6) is -3.81. The van der Waals surface area contributed by atoms with Gasteiger partial charge in [-0.15, -0.1) is 0 Å². The van der Waals surface area contributed by atoms with Crippen LogP contribution in [0.4, 0.5) is 37.7 Å². The number of anilines is 2. The van der Waals surface area contributed by atoms with Crippen LogP contribution in [0.25, 0.3) is 0 Å². The molecule has 3 heterocycles. The van der Waals surface area contributed by atoms with Crippen LogP contribution < -0.4 is 19.8 Å². The number of carbonyl (C=O) groups is 3. The van der Waals surface area contributed by atoms with E-state index in [-0.39, 0.29) is 17.1 Å². The van der Waals surface area contributed by atoms with E-state index in [4.69, 9.17) is 4.74 Å². The first-order valence-corrected chi connectivity index (χ1v) is 15.0. The number of ether oxygens (including phenoxy) is 1. The van der Waals surface area contributed by atoms with Crippen molar-refractivity contribution in [3.8, 4) is 5.75 Å². The number of amides is 3. The lowest BCUT2D eigenvalue weighted by Crippen LogP contribution is -2.32. The zero-order chi connectivity index (χ0) is 33.0. The van der Waals surface area contributed by atoms with E-state index in [1.807, 2.05) is 0 Å². The number of nitrogens with zero attached hydrogens (tertiary/aromatic N) is 1. The molecule has 8 nitrogen and oxygen atoms in total. The molecule has 3 atom stereocenters. The van der Waals surface area contributed by atoms with Gasteiger partial charge in [-0.3, -0.25) is 19.2 Å². The monoisotopic (exact) mass is 679 g/mol. The van der Waals surface area contributed by atoms with Gasteiger partial charge in [0, 0.05) is 16.5 Å². The van der Waals surface area contributed by atoms with E-state index in [9.17, 15) is 45.5 Å². The van der Waals surface area contributed by atoms with E-state index in [2.05, 4.69) is 10.3 Å². The van der Waals surface area contributed by atoms with Crippen molar-refractivity contribution in [3.63, 3.8) is 0 Å².